The summed E-state index contributed by atoms with van der Waals surface area (Å²) in [5.41, 5.74) is -0.467. The number of imide groups is 1. The molecule has 2 rings (SSSR count). The van der Waals surface area contributed by atoms with E-state index in [2.05, 4.69) is 5.32 Å². The van der Waals surface area contributed by atoms with Crippen molar-refractivity contribution in [3.63, 3.8) is 0 Å². The van der Waals surface area contributed by atoms with E-state index in [4.69, 9.17) is 4.74 Å². The van der Waals surface area contributed by atoms with Gasteiger partial charge in [-0.25, -0.2) is 9.59 Å². The molecule has 0 aliphatic carbocycles. The molecule has 0 radical (unpaired) electrons. The molecular weight excluding hydrogens is 260 g/mol. The third-order valence-corrected chi connectivity index (χ3v) is 3.00. The van der Waals surface area contributed by atoms with Crippen molar-refractivity contribution in [2.75, 3.05) is 13.2 Å². The zero-order valence-electron chi connectivity index (χ0n) is 11.4. The number of amides is 3. The Morgan fingerprint density at radius 2 is 1.90 bits per heavy atom. The van der Waals surface area contributed by atoms with Gasteiger partial charge in [-0.05, 0) is 26.0 Å². The minimum absolute atomic E-state index is 0.0248. The van der Waals surface area contributed by atoms with Gasteiger partial charge in [0.25, 0.3) is 5.91 Å². The van der Waals surface area contributed by atoms with Gasteiger partial charge in [-0.2, -0.15) is 0 Å². The summed E-state index contributed by atoms with van der Waals surface area (Å²) >= 11 is 0. The maximum atomic E-state index is 11.9. The first-order valence-electron chi connectivity index (χ1n) is 6.28. The minimum Gasteiger partial charge on any atom is -0.460 e. The van der Waals surface area contributed by atoms with Crippen molar-refractivity contribution in [1.29, 1.82) is 0 Å². The highest BCUT2D eigenvalue weighted by molar-refractivity contribution is 6.06. The zero-order valence-corrected chi connectivity index (χ0v) is 11.4. The van der Waals surface area contributed by atoms with Gasteiger partial charge < -0.3 is 10.1 Å². The van der Waals surface area contributed by atoms with Gasteiger partial charge in [0.2, 0.25) is 0 Å². The second-order valence-electron chi connectivity index (χ2n) is 5.01. The Hall–Kier alpha value is -2.37. The SMILES string of the molecule is CC1(C)NC(=O)N(CCOC(=O)c2ccccc2)C1=O. The predicted molar refractivity (Wildman–Crippen MR) is 71.0 cm³/mol. The lowest BCUT2D eigenvalue weighted by Gasteiger charge is -2.15. The summed E-state index contributed by atoms with van der Waals surface area (Å²) in [5.74, 6) is -0.796. The molecular formula is C14H16N2O4. The van der Waals surface area contributed by atoms with Gasteiger partial charge in [-0.1, -0.05) is 18.2 Å². The number of ether oxygens (including phenoxy) is 1. The molecule has 0 saturated carbocycles. The largest absolute Gasteiger partial charge is 0.460 e. The second kappa shape index (κ2) is 5.32. The molecule has 6 nitrogen and oxygen atoms in total. The van der Waals surface area contributed by atoms with Crippen molar-refractivity contribution in [3.05, 3.63) is 35.9 Å². The topological polar surface area (TPSA) is 75.7 Å². The van der Waals surface area contributed by atoms with Crippen LogP contribution in [0.1, 0.15) is 24.2 Å². The van der Waals surface area contributed by atoms with Crippen LogP contribution in [-0.2, 0) is 9.53 Å². The molecule has 0 unspecified atom stereocenters. The van der Waals surface area contributed by atoms with E-state index in [0.717, 1.165) is 4.90 Å². The maximum Gasteiger partial charge on any atom is 0.338 e. The Bertz CT molecular complexity index is 539. The van der Waals surface area contributed by atoms with Gasteiger partial charge in [0.1, 0.15) is 12.1 Å². The fourth-order valence-corrected chi connectivity index (χ4v) is 1.91. The Kier molecular flexibility index (Phi) is 3.74. The summed E-state index contributed by atoms with van der Waals surface area (Å²) < 4.78 is 5.04. The molecule has 1 heterocycles. The number of carbonyl (C=O) groups is 3. The van der Waals surface area contributed by atoms with Crippen molar-refractivity contribution < 1.29 is 19.1 Å². The summed E-state index contributed by atoms with van der Waals surface area (Å²) in [5, 5.41) is 2.56. The Labute approximate surface area is 116 Å². The second-order valence-corrected chi connectivity index (χ2v) is 5.01. The summed E-state index contributed by atoms with van der Waals surface area (Å²) in [6.45, 7) is 3.28. The van der Waals surface area contributed by atoms with E-state index in [1.54, 1.807) is 44.2 Å². The monoisotopic (exact) mass is 276 g/mol. The Morgan fingerprint density at radius 3 is 2.45 bits per heavy atom. The molecule has 1 N–H and O–H groups in total. The normalized spacial score (nSPS) is 17.0. The van der Waals surface area contributed by atoms with Gasteiger partial charge in [0.05, 0.1) is 12.1 Å². The zero-order chi connectivity index (χ0) is 14.8. The molecule has 20 heavy (non-hydrogen) atoms. The fourth-order valence-electron chi connectivity index (χ4n) is 1.91. The van der Waals surface area contributed by atoms with Crippen molar-refractivity contribution >= 4 is 17.9 Å². The smallest absolute Gasteiger partial charge is 0.338 e. The number of nitrogens with one attached hydrogen (secondary N) is 1. The molecule has 0 spiro atoms. The highest BCUT2D eigenvalue weighted by atomic mass is 16.5. The van der Waals surface area contributed by atoms with Crippen LogP contribution >= 0.6 is 0 Å². The van der Waals surface area contributed by atoms with Crippen LogP contribution in [0, 0.1) is 0 Å². The maximum absolute atomic E-state index is 11.9. The molecule has 0 aromatic heterocycles. The van der Waals surface area contributed by atoms with Crippen LogP contribution in [0.15, 0.2) is 30.3 Å². The first kappa shape index (κ1) is 14.0. The van der Waals surface area contributed by atoms with Gasteiger partial charge in [0.15, 0.2) is 0 Å². The molecule has 1 aliphatic rings. The van der Waals surface area contributed by atoms with Crippen LogP contribution in [0.2, 0.25) is 0 Å². The molecule has 1 aromatic carbocycles. The summed E-state index contributed by atoms with van der Waals surface area (Å²) in [4.78, 5) is 36.2. The van der Waals surface area contributed by atoms with Crippen LogP contribution in [0.25, 0.3) is 0 Å². The van der Waals surface area contributed by atoms with E-state index < -0.39 is 17.5 Å². The lowest BCUT2D eigenvalue weighted by molar-refractivity contribution is -0.130. The molecule has 1 aliphatic heterocycles. The first-order valence-corrected chi connectivity index (χ1v) is 6.28. The average Bonchev–Trinajstić information content (AvgIpc) is 2.61. The Morgan fingerprint density at radius 1 is 1.25 bits per heavy atom. The number of hydrogen-bond donors (Lipinski definition) is 1. The lowest BCUT2D eigenvalue weighted by atomic mass is 10.1. The van der Waals surface area contributed by atoms with E-state index in [0.29, 0.717) is 5.56 Å². The highest BCUT2D eigenvalue weighted by Gasteiger charge is 2.43. The van der Waals surface area contributed by atoms with E-state index in [-0.39, 0.29) is 19.1 Å². The molecule has 6 heteroatoms. The molecule has 3 amide bonds. The molecule has 0 atom stereocenters. The van der Waals surface area contributed by atoms with Crippen LogP contribution in [0.3, 0.4) is 0 Å². The van der Waals surface area contributed by atoms with Crippen molar-refractivity contribution in [1.82, 2.24) is 10.2 Å². The van der Waals surface area contributed by atoms with E-state index in [1.807, 2.05) is 0 Å². The molecule has 106 valence electrons. The fraction of sp³-hybridized carbons (Fsp3) is 0.357. The number of carbonyl (C=O) groups excluding carboxylic acids is 3. The number of benzene rings is 1. The number of hydrogen-bond acceptors (Lipinski definition) is 4. The van der Waals surface area contributed by atoms with Crippen molar-refractivity contribution in [2.24, 2.45) is 0 Å². The summed E-state index contributed by atoms with van der Waals surface area (Å²) in [6.07, 6.45) is 0. The lowest BCUT2D eigenvalue weighted by Crippen LogP contribution is -2.40. The molecule has 1 saturated heterocycles. The predicted octanol–water partition coefficient (Wildman–Crippen LogP) is 1.17. The highest BCUT2D eigenvalue weighted by Crippen LogP contribution is 2.16. The quantitative estimate of drug-likeness (QED) is 0.661. The van der Waals surface area contributed by atoms with Gasteiger partial charge in [-0.3, -0.25) is 9.69 Å². The third-order valence-electron chi connectivity index (χ3n) is 3.00. The standard InChI is InChI=1S/C14H16N2O4/c1-14(2)12(18)16(13(19)15-14)8-9-20-11(17)10-6-4-3-5-7-10/h3-7H,8-9H2,1-2H3,(H,15,19). The third kappa shape index (κ3) is 2.79. The average molecular weight is 276 g/mol. The Balaban J connectivity index is 1.87. The van der Waals surface area contributed by atoms with Crippen LogP contribution in [0.4, 0.5) is 4.79 Å². The van der Waals surface area contributed by atoms with Crippen LogP contribution in [0.5, 0.6) is 0 Å². The van der Waals surface area contributed by atoms with E-state index >= 15 is 0 Å². The summed E-state index contributed by atoms with van der Waals surface area (Å²) in [6, 6.07) is 8.08. The minimum atomic E-state index is -0.902. The van der Waals surface area contributed by atoms with Crippen molar-refractivity contribution in [3.8, 4) is 0 Å². The van der Waals surface area contributed by atoms with Crippen LogP contribution < -0.4 is 5.32 Å². The van der Waals surface area contributed by atoms with Crippen molar-refractivity contribution in [2.45, 2.75) is 19.4 Å². The number of rotatable bonds is 4. The number of urea groups is 1. The van der Waals surface area contributed by atoms with E-state index in [1.165, 1.54) is 0 Å². The van der Waals surface area contributed by atoms with Gasteiger partial charge in [-0.15, -0.1) is 0 Å². The van der Waals surface area contributed by atoms with Gasteiger partial charge >= 0.3 is 12.0 Å². The van der Waals surface area contributed by atoms with E-state index in [9.17, 15) is 14.4 Å². The molecule has 0 bridgehead atoms. The van der Waals surface area contributed by atoms with Crippen LogP contribution in [-0.4, -0.2) is 41.5 Å². The first-order chi connectivity index (χ1) is 9.42. The molecule has 1 fully saturated rings. The number of esters is 1. The summed E-state index contributed by atoms with van der Waals surface area (Å²) in [7, 11) is 0. The molecule has 1 aromatic rings. The number of nitrogens with zero attached hydrogens (tertiary/aromatic N) is 1. The van der Waals surface area contributed by atoms with Gasteiger partial charge in [0, 0.05) is 0 Å².